The zero-order chi connectivity index (χ0) is 12.6. The molecule has 0 saturated carbocycles. The summed E-state index contributed by atoms with van der Waals surface area (Å²) in [5, 5.41) is 11.8. The second-order valence-corrected chi connectivity index (χ2v) is 5.04. The third kappa shape index (κ3) is 7.24. The minimum absolute atomic E-state index is 0.122. The van der Waals surface area contributed by atoms with Crippen LogP contribution in [-0.2, 0) is 4.79 Å². The topological polar surface area (TPSA) is 56.1 Å². The maximum atomic E-state index is 11.3. The Balaban J connectivity index is 3.65. The van der Waals surface area contributed by atoms with Crippen molar-refractivity contribution in [2.45, 2.75) is 33.1 Å². The van der Waals surface area contributed by atoms with Crippen molar-refractivity contribution in [2.75, 3.05) is 27.2 Å². The SMILES string of the molecule is CN(C)C(=O)CCNCC(C)(C)CCC#N. The smallest absolute Gasteiger partial charge is 0.223 e. The third-order valence-electron chi connectivity index (χ3n) is 2.53. The second-order valence-electron chi connectivity index (χ2n) is 5.04. The molecule has 0 aromatic rings. The highest BCUT2D eigenvalue weighted by molar-refractivity contribution is 5.75. The molecule has 0 aliphatic rings. The molecule has 4 heteroatoms. The van der Waals surface area contributed by atoms with E-state index in [1.807, 2.05) is 0 Å². The number of nitrogens with one attached hydrogen (secondary N) is 1. The maximum absolute atomic E-state index is 11.3. The largest absolute Gasteiger partial charge is 0.349 e. The van der Waals surface area contributed by atoms with Crippen LogP contribution in [0.3, 0.4) is 0 Å². The standard InChI is InChI=1S/C12H23N3O/c1-12(2,7-5-8-13)10-14-9-6-11(16)15(3)4/h14H,5-7,9-10H2,1-4H3. The van der Waals surface area contributed by atoms with Gasteiger partial charge < -0.3 is 10.2 Å². The number of hydrogen-bond donors (Lipinski definition) is 1. The van der Waals surface area contributed by atoms with Gasteiger partial charge in [0.1, 0.15) is 0 Å². The Morgan fingerprint density at radius 1 is 1.44 bits per heavy atom. The Labute approximate surface area is 98.6 Å². The fourth-order valence-corrected chi connectivity index (χ4v) is 1.33. The zero-order valence-corrected chi connectivity index (χ0v) is 10.8. The zero-order valence-electron chi connectivity index (χ0n) is 10.8. The van der Waals surface area contributed by atoms with Gasteiger partial charge in [0.05, 0.1) is 6.07 Å². The van der Waals surface area contributed by atoms with Crippen molar-refractivity contribution in [2.24, 2.45) is 5.41 Å². The number of rotatable bonds is 7. The predicted octanol–water partition coefficient (Wildman–Crippen LogP) is 1.38. The van der Waals surface area contributed by atoms with Crippen LogP contribution in [0.4, 0.5) is 0 Å². The molecule has 0 aromatic heterocycles. The van der Waals surface area contributed by atoms with E-state index >= 15 is 0 Å². The Hall–Kier alpha value is -1.08. The van der Waals surface area contributed by atoms with Gasteiger partial charge in [-0.15, -0.1) is 0 Å². The number of carbonyl (C=O) groups is 1. The fraction of sp³-hybridized carbons (Fsp3) is 0.833. The van der Waals surface area contributed by atoms with Crippen molar-refractivity contribution >= 4 is 5.91 Å². The van der Waals surface area contributed by atoms with E-state index < -0.39 is 0 Å². The molecule has 0 bridgehead atoms. The van der Waals surface area contributed by atoms with E-state index in [1.165, 1.54) is 0 Å². The van der Waals surface area contributed by atoms with Gasteiger partial charge in [-0.05, 0) is 11.8 Å². The lowest BCUT2D eigenvalue weighted by atomic mass is 9.88. The normalized spacial score (nSPS) is 10.9. The molecule has 0 unspecified atom stereocenters. The summed E-state index contributed by atoms with van der Waals surface area (Å²) in [4.78, 5) is 12.9. The first-order valence-electron chi connectivity index (χ1n) is 5.67. The molecule has 0 saturated heterocycles. The van der Waals surface area contributed by atoms with Crippen LogP contribution < -0.4 is 5.32 Å². The molecule has 0 fully saturated rings. The van der Waals surface area contributed by atoms with E-state index in [-0.39, 0.29) is 11.3 Å². The van der Waals surface area contributed by atoms with Crippen LogP contribution in [0.2, 0.25) is 0 Å². The van der Waals surface area contributed by atoms with E-state index in [0.717, 1.165) is 13.0 Å². The Morgan fingerprint density at radius 3 is 2.56 bits per heavy atom. The molecule has 1 N–H and O–H groups in total. The summed E-state index contributed by atoms with van der Waals surface area (Å²) in [7, 11) is 3.53. The lowest BCUT2D eigenvalue weighted by Crippen LogP contribution is -2.32. The molecule has 0 atom stereocenters. The molecule has 0 spiro atoms. The van der Waals surface area contributed by atoms with Gasteiger partial charge in [-0.25, -0.2) is 0 Å². The summed E-state index contributed by atoms with van der Waals surface area (Å²) in [6.07, 6.45) is 2.00. The summed E-state index contributed by atoms with van der Waals surface area (Å²) >= 11 is 0. The number of nitriles is 1. The van der Waals surface area contributed by atoms with Gasteiger partial charge in [-0.1, -0.05) is 13.8 Å². The van der Waals surface area contributed by atoms with E-state index in [2.05, 4.69) is 25.2 Å². The third-order valence-corrected chi connectivity index (χ3v) is 2.53. The molecule has 0 heterocycles. The van der Waals surface area contributed by atoms with Crippen molar-refractivity contribution in [1.82, 2.24) is 10.2 Å². The highest BCUT2D eigenvalue weighted by atomic mass is 16.2. The quantitative estimate of drug-likeness (QED) is 0.666. The van der Waals surface area contributed by atoms with Gasteiger partial charge in [-0.2, -0.15) is 5.26 Å². The molecular formula is C12H23N3O. The minimum Gasteiger partial charge on any atom is -0.349 e. The molecular weight excluding hydrogens is 202 g/mol. The van der Waals surface area contributed by atoms with Crippen LogP contribution in [0.1, 0.15) is 33.1 Å². The predicted molar refractivity (Wildman–Crippen MR) is 64.8 cm³/mol. The van der Waals surface area contributed by atoms with Gasteiger partial charge in [0.25, 0.3) is 0 Å². The first-order valence-corrected chi connectivity index (χ1v) is 5.67. The lowest BCUT2D eigenvalue weighted by molar-refractivity contribution is -0.128. The number of nitrogens with zero attached hydrogens (tertiary/aromatic N) is 2. The number of amides is 1. The van der Waals surface area contributed by atoms with Gasteiger partial charge in [0.2, 0.25) is 5.91 Å². The summed E-state index contributed by atoms with van der Waals surface area (Å²) in [5.74, 6) is 0.141. The Morgan fingerprint density at radius 2 is 2.06 bits per heavy atom. The van der Waals surface area contributed by atoms with E-state index in [1.54, 1.807) is 19.0 Å². The lowest BCUT2D eigenvalue weighted by Gasteiger charge is -2.23. The van der Waals surface area contributed by atoms with E-state index in [9.17, 15) is 4.79 Å². The fourth-order valence-electron chi connectivity index (χ4n) is 1.33. The van der Waals surface area contributed by atoms with Crippen molar-refractivity contribution in [3.63, 3.8) is 0 Å². The van der Waals surface area contributed by atoms with Crippen LogP contribution in [-0.4, -0.2) is 38.0 Å². The molecule has 0 aliphatic carbocycles. The molecule has 4 nitrogen and oxygen atoms in total. The van der Waals surface area contributed by atoms with Gasteiger partial charge >= 0.3 is 0 Å². The molecule has 0 radical (unpaired) electrons. The Kier molecular flexibility index (Phi) is 6.75. The van der Waals surface area contributed by atoms with Gasteiger partial charge in [0.15, 0.2) is 0 Å². The van der Waals surface area contributed by atoms with Crippen molar-refractivity contribution in [1.29, 1.82) is 5.26 Å². The molecule has 16 heavy (non-hydrogen) atoms. The molecule has 0 aromatic carbocycles. The minimum atomic E-state index is 0.122. The molecule has 1 amide bonds. The summed E-state index contributed by atoms with van der Waals surface area (Å²) in [5.41, 5.74) is 0.122. The van der Waals surface area contributed by atoms with Crippen LogP contribution >= 0.6 is 0 Å². The number of carbonyl (C=O) groups excluding carboxylic acids is 1. The average Bonchev–Trinajstić information content (AvgIpc) is 2.21. The van der Waals surface area contributed by atoms with Crippen LogP contribution in [0.5, 0.6) is 0 Å². The highest BCUT2D eigenvalue weighted by Gasteiger charge is 2.16. The van der Waals surface area contributed by atoms with E-state index in [4.69, 9.17) is 5.26 Å². The van der Waals surface area contributed by atoms with Gasteiger partial charge in [0, 0.05) is 40.0 Å². The molecule has 0 aliphatic heterocycles. The van der Waals surface area contributed by atoms with Crippen LogP contribution in [0.25, 0.3) is 0 Å². The summed E-state index contributed by atoms with van der Waals surface area (Å²) in [6.45, 7) is 5.80. The van der Waals surface area contributed by atoms with E-state index in [0.29, 0.717) is 19.4 Å². The van der Waals surface area contributed by atoms with Crippen molar-refractivity contribution in [3.8, 4) is 6.07 Å². The van der Waals surface area contributed by atoms with Crippen molar-refractivity contribution in [3.05, 3.63) is 0 Å². The van der Waals surface area contributed by atoms with Crippen molar-refractivity contribution < 1.29 is 4.79 Å². The second kappa shape index (κ2) is 7.24. The number of hydrogen-bond acceptors (Lipinski definition) is 3. The average molecular weight is 225 g/mol. The molecule has 0 rings (SSSR count). The Bertz CT molecular complexity index is 253. The van der Waals surface area contributed by atoms with Gasteiger partial charge in [-0.3, -0.25) is 4.79 Å². The summed E-state index contributed by atoms with van der Waals surface area (Å²) < 4.78 is 0. The first kappa shape index (κ1) is 14.9. The highest BCUT2D eigenvalue weighted by Crippen LogP contribution is 2.20. The summed E-state index contributed by atoms with van der Waals surface area (Å²) in [6, 6.07) is 2.16. The molecule has 92 valence electrons. The maximum Gasteiger partial charge on any atom is 0.223 e. The van der Waals surface area contributed by atoms with Crippen LogP contribution in [0.15, 0.2) is 0 Å². The first-order chi connectivity index (χ1) is 7.39. The monoisotopic (exact) mass is 225 g/mol. The van der Waals surface area contributed by atoms with Crippen LogP contribution in [0, 0.1) is 16.7 Å².